The molecule has 0 saturated carbocycles. The Hall–Kier alpha value is -4.34. The van der Waals surface area contributed by atoms with Crippen LogP contribution in [0.4, 0.5) is 4.79 Å². The Balaban J connectivity index is 2.59. The van der Waals surface area contributed by atoms with Crippen LogP contribution in [0.2, 0.25) is 0 Å². The van der Waals surface area contributed by atoms with E-state index in [1.165, 1.54) is 17.0 Å². The van der Waals surface area contributed by atoms with Crippen molar-refractivity contribution in [1.29, 1.82) is 0 Å². The molecule has 43 heavy (non-hydrogen) atoms. The minimum atomic E-state index is -1.13. The first kappa shape index (κ1) is 34.9. The minimum Gasteiger partial charge on any atom is -0.508 e. The summed E-state index contributed by atoms with van der Waals surface area (Å²) in [5.74, 6) is -1.42. The Labute approximate surface area is 254 Å². The van der Waals surface area contributed by atoms with Crippen LogP contribution in [0.1, 0.15) is 77.6 Å². The fraction of sp³-hybridized carbons (Fsp3) is 0.455. The zero-order valence-corrected chi connectivity index (χ0v) is 26.2. The molecule has 0 radical (unpaired) electrons. The van der Waals surface area contributed by atoms with E-state index in [1.54, 1.807) is 84.9 Å². The summed E-state index contributed by atoms with van der Waals surface area (Å²) in [4.78, 5) is 54.7. The van der Waals surface area contributed by atoms with Crippen molar-refractivity contribution in [3.63, 3.8) is 0 Å². The molecule has 0 aromatic heterocycles. The van der Waals surface area contributed by atoms with Crippen LogP contribution < -0.4 is 10.6 Å². The molecule has 0 aliphatic carbocycles. The van der Waals surface area contributed by atoms with Gasteiger partial charge in [-0.05, 0) is 83.4 Å². The van der Waals surface area contributed by atoms with E-state index in [1.807, 2.05) is 6.07 Å². The number of ether oxygens (including phenoxy) is 2. The summed E-state index contributed by atoms with van der Waals surface area (Å²) in [6.07, 6.45) is 0.879. The number of nitrogens with one attached hydrogen (secondary N) is 2. The van der Waals surface area contributed by atoms with Crippen LogP contribution in [-0.2, 0) is 30.3 Å². The van der Waals surface area contributed by atoms with Gasteiger partial charge in [0.2, 0.25) is 11.8 Å². The van der Waals surface area contributed by atoms with E-state index in [-0.39, 0.29) is 31.7 Å². The normalized spacial score (nSPS) is 12.8. The van der Waals surface area contributed by atoms with Crippen LogP contribution in [0, 0.1) is 0 Å². The fourth-order valence-electron chi connectivity index (χ4n) is 4.42. The Morgan fingerprint density at radius 2 is 1.67 bits per heavy atom. The zero-order chi connectivity index (χ0) is 32.4. The smallest absolute Gasteiger partial charge is 0.408 e. The number of carbonyl (C=O) groups excluding carboxylic acids is 4. The number of hydrogen-bond donors (Lipinski definition) is 3. The van der Waals surface area contributed by atoms with Crippen LogP contribution in [-0.4, -0.2) is 64.2 Å². The maximum Gasteiger partial charge on any atom is 0.408 e. The molecule has 2 atom stereocenters. The molecule has 2 aromatic rings. The van der Waals surface area contributed by atoms with Crippen molar-refractivity contribution in [3.05, 3.63) is 71.8 Å². The van der Waals surface area contributed by atoms with Crippen molar-refractivity contribution in [1.82, 2.24) is 15.5 Å². The third kappa shape index (κ3) is 11.1. The van der Waals surface area contributed by atoms with Gasteiger partial charge in [-0.25, -0.2) is 4.79 Å². The summed E-state index contributed by atoms with van der Waals surface area (Å²) in [6, 6.07) is 11.1. The highest BCUT2D eigenvalue weighted by Gasteiger charge is 2.42. The predicted molar refractivity (Wildman–Crippen MR) is 165 cm³/mol. The standard InChI is InChI=1S/C33H45N3O7/c1-9-22-12-11-13-24(20-22)28(29(39)34-19-18-27(38)42-10-2)36(32(3,4)5)30(40)26(35-31(41)43-33(6,7)8)21-23-14-16-25(37)17-15-23/h9,11-17,20,26,28,37H,1,10,18-19,21H2,2-8H3,(H,34,39)(H,35,41). The summed E-state index contributed by atoms with van der Waals surface area (Å²) >= 11 is 0. The highest BCUT2D eigenvalue weighted by molar-refractivity contribution is 5.93. The molecule has 0 spiro atoms. The molecule has 2 aromatic carbocycles. The fourth-order valence-corrected chi connectivity index (χ4v) is 4.42. The summed E-state index contributed by atoms with van der Waals surface area (Å²) < 4.78 is 10.4. The molecular formula is C33H45N3O7. The lowest BCUT2D eigenvalue weighted by Gasteiger charge is -2.43. The topological polar surface area (TPSA) is 134 Å². The molecule has 0 heterocycles. The number of phenols is 1. The third-order valence-electron chi connectivity index (χ3n) is 6.23. The van der Waals surface area contributed by atoms with Crippen LogP contribution >= 0.6 is 0 Å². The second-order valence-corrected chi connectivity index (χ2v) is 12.1. The Kier molecular flexibility index (Phi) is 12.3. The average Bonchev–Trinajstić information content (AvgIpc) is 2.90. The molecule has 0 aliphatic heterocycles. The maximum absolute atomic E-state index is 14.5. The lowest BCUT2D eigenvalue weighted by Crippen LogP contribution is -2.59. The molecular weight excluding hydrogens is 550 g/mol. The second-order valence-electron chi connectivity index (χ2n) is 12.1. The lowest BCUT2D eigenvalue weighted by atomic mass is 9.93. The molecule has 3 amide bonds. The molecule has 0 fully saturated rings. The molecule has 0 bridgehead atoms. The first-order chi connectivity index (χ1) is 20.1. The van der Waals surface area contributed by atoms with Gasteiger partial charge < -0.3 is 30.1 Å². The van der Waals surface area contributed by atoms with Gasteiger partial charge in [0.15, 0.2) is 0 Å². The van der Waals surface area contributed by atoms with Gasteiger partial charge >= 0.3 is 12.1 Å². The monoisotopic (exact) mass is 595 g/mol. The molecule has 234 valence electrons. The van der Waals surface area contributed by atoms with E-state index >= 15 is 0 Å². The van der Waals surface area contributed by atoms with E-state index in [0.717, 1.165) is 5.56 Å². The largest absolute Gasteiger partial charge is 0.508 e. The van der Waals surface area contributed by atoms with Crippen molar-refractivity contribution < 1.29 is 33.8 Å². The van der Waals surface area contributed by atoms with Gasteiger partial charge in [-0.15, -0.1) is 0 Å². The number of alkyl carbamates (subject to hydrolysis) is 1. The first-order valence-corrected chi connectivity index (χ1v) is 14.3. The van der Waals surface area contributed by atoms with E-state index < -0.39 is 47.1 Å². The molecule has 2 unspecified atom stereocenters. The molecule has 0 aliphatic rings. The van der Waals surface area contributed by atoms with Crippen molar-refractivity contribution in [2.75, 3.05) is 13.2 Å². The van der Waals surface area contributed by atoms with Gasteiger partial charge in [0.25, 0.3) is 0 Å². The molecule has 10 nitrogen and oxygen atoms in total. The van der Waals surface area contributed by atoms with E-state index in [4.69, 9.17) is 9.47 Å². The number of phenolic OH excluding ortho intramolecular Hbond substituents is 1. The Morgan fingerprint density at radius 3 is 2.23 bits per heavy atom. The maximum atomic E-state index is 14.5. The quantitative estimate of drug-likeness (QED) is 0.297. The van der Waals surface area contributed by atoms with Gasteiger partial charge in [-0.2, -0.15) is 0 Å². The SMILES string of the molecule is C=Cc1cccc(C(C(=O)NCCC(=O)OCC)N(C(=O)C(Cc2ccc(O)cc2)NC(=O)OC(C)(C)C)C(C)(C)C)c1. The van der Waals surface area contributed by atoms with Gasteiger partial charge in [-0.1, -0.05) is 43.0 Å². The number of rotatable bonds is 12. The van der Waals surface area contributed by atoms with E-state index in [9.17, 15) is 24.3 Å². The minimum absolute atomic E-state index is 0.00852. The van der Waals surface area contributed by atoms with Gasteiger partial charge in [0, 0.05) is 18.5 Å². The van der Waals surface area contributed by atoms with Crippen molar-refractivity contribution in [2.45, 2.75) is 84.5 Å². The summed E-state index contributed by atoms with van der Waals surface area (Å²) in [5.41, 5.74) is 0.218. The van der Waals surface area contributed by atoms with Gasteiger partial charge in [0.1, 0.15) is 23.4 Å². The number of benzene rings is 2. The van der Waals surface area contributed by atoms with Gasteiger partial charge in [-0.3, -0.25) is 14.4 Å². The van der Waals surface area contributed by atoms with Crippen molar-refractivity contribution in [2.24, 2.45) is 0 Å². The number of amides is 3. The summed E-state index contributed by atoms with van der Waals surface area (Å²) in [5, 5.41) is 15.2. The number of aromatic hydroxyl groups is 1. The molecule has 3 N–H and O–H groups in total. The van der Waals surface area contributed by atoms with Crippen LogP contribution in [0.3, 0.4) is 0 Å². The number of nitrogens with zero attached hydrogens (tertiary/aromatic N) is 1. The summed E-state index contributed by atoms with van der Waals surface area (Å²) in [7, 11) is 0. The van der Waals surface area contributed by atoms with E-state index in [2.05, 4.69) is 17.2 Å². The predicted octanol–water partition coefficient (Wildman–Crippen LogP) is 4.91. The van der Waals surface area contributed by atoms with Crippen LogP contribution in [0.5, 0.6) is 5.75 Å². The Bertz CT molecular complexity index is 1280. The second kappa shape index (κ2) is 15.2. The number of hydrogen-bond acceptors (Lipinski definition) is 7. The van der Waals surface area contributed by atoms with E-state index in [0.29, 0.717) is 11.1 Å². The van der Waals surface area contributed by atoms with Crippen molar-refractivity contribution in [3.8, 4) is 5.75 Å². The van der Waals surface area contributed by atoms with Crippen molar-refractivity contribution >= 4 is 30.0 Å². The highest BCUT2D eigenvalue weighted by Crippen LogP contribution is 2.31. The van der Waals surface area contributed by atoms with Crippen LogP contribution in [0.15, 0.2) is 55.1 Å². The Morgan fingerprint density at radius 1 is 1.02 bits per heavy atom. The number of carbonyl (C=O) groups is 4. The molecule has 2 rings (SSSR count). The third-order valence-corrected chi connectivity index (χ3v) is 6.23. The highest BCUT2D eigenvalue weighted by atomic mass is 16.6. The zero-order valence-electron chi connectivity index (χ0n) is 26.2. The summed E-state index contributed by atoms with van der Waals surface area (Å²) in [6.45, 7) is 16.3. The molecule has 0 saturated heterocycles. The van der Waals surface area contributed by atoms with Gasteiger partial charge in [0.05, 0.1) is 13.0 Å². The average molecular weight is 596 g/mol. The molecule has 10 heteroatoms. The van der Waals surface area contributed by atoms with Crippen LogP contribution in [0.25, 0.3) is 6.08 Å². The lowest BCUT2D eigenvalue weighted by molar-refractivity contribution is -0.149. The first-order valence-electron chi connectivity index (χ1n) is 14.3. The number of esters is 1.